The van der Waals surface area contributed by atoms with Crippen LogP contribution in [-0.4, -0.2) is 5.78 Å². The molecule has 0 aliphatic carbocycles. The summed E-state index contributed by atoms with van der Waals surface area (Å²) in [5.74, 6) is 0.273. The summed E-state index contributed by atoms with van der Waals surface area (Å²) >= 11 is 1.71. The van der Waals surface area contributed by atoms with E-state index in [-0.39, 0.29) is 11.2 Å². The van der Waals surface area contributed by atoms with Gasteiger partial charge in [0.2, 0.25) is 0 Å². The van der Waals surface area contributed by atoms with Gasteiger partial charge in [-0.25, -0.2) is 0 Å². The van der Waals surface area contributed by atoms with E-state index >= 15 is 0 Å². The number of hydrogen-bond acceptors (Lipinski definition) is 2. The Morgan fingerprint density at radius 1 is 1.40 bits per heavy atom. The lowest BCUT2D eigenvalue weighted by molar-refractivity contribution is 0.0858. The first kappa shape index (κ1) is 12.4. The summed E-state index contributed by atoms with van der Waals surface area (Å²) in [6.45, 7) is 8.13. The van der Waals surface area contributed by atoms with E-state index in [2.05, 4.69) is 6.92 Å². The lowest BCUT2D eigenvalue weighted by atomic mass is 9.86. The van der Waals surface area contributed by atoms with Crippen LogP contribution in [0.3, 0.4) is 0 Å². The van der Waals surface area contributed by atoms with Crippen LogP contribution in [0.4, 0.5) is 0 Å². The second-order valence-corrected chi connectivity index (χ2v) is 5.94. The predicted molar refractivity (Wildman–Crippen MR) is 66.7 cm³/mol. The minimum atomic E-state index is -0.262. The minimum absolute atomic E-state index is 0.262. The molecule has 84 valence electrons. The average Bonchev–Trinajstić information content (AvgIpc) is 2.59. The first-order valence-corrected chi connectivity index (χ1v) is 6.46. The Kier molecular flexibility index (Phi) is 4.09. The number of aryl methyl sites for hydroxylation is 1. The van der Waals surface area contributed by atoms with Gasteiger partial charge in [-0.15, -0.1) is 11.3 Å². The molecule has 1 aromatic heterocycles. The second kappa shape index (κ2) is 4.93. The fourth-order valence-electron chi connectivity index (χ4n) is 1.48. The van der Waals surface area contributed by atoms with Crippen LogP contribution in [0, 0.1) is 5.41 Å². The number of ketones is 1. The van der Waals surface area contributed by atoms with Gasteiger partial charge in [0.25, 0.3) is 0 Å². The summed E-state index contributed by atoms with van der Waals surface area (Å²) in [6, 6.07) is 1.98. The number of carbonyl (C=O) groups excluding carboxylic acids is 1. The number of Topliss-reactive ketones (excluding diaryl/α,β-unsaturated/α-hetero) is 1. The molecular formula is C13H20OS. The molecule has 1 heterocycles. The van der Waals surface area contributed by atoms with Crippen molar-refractivity contribution in [3.63, 3.8) is 0 Å². The largest absolute Gasteiger partial charge is 0.294 e. The van der Waals surface area contributed by atoms with Crippen molar-refractivity contribution in [2.45, 2.75) is 47.0 Å². The van der Waals surface area contributed by atoms with E-state index in [1.807, 2.05) is 32.2 Å². The molecular weight excluding hydrogens is 204 g/mol. The molecule has 0 aliphatic rings. The molecule has 0 radical (unpaired) electrons. The fraction of sp³-hybridized carbons (Fsp3) is 0.615. The van der Waals surface area contributed by atoms with Crippen LogP contribution in [0.5, 0.6) is 0 Å². The summed E-state index contributed by atoms with van der Waals surface area (Å²) in [6.07, 6.45) is 3.40. The van der Waals surface area contributed by atoms with Gasteiger partial charge in [-0.3, -0.25) is 4.79 Å². The smallest absolute Gasteiger partial charge is 0.169 e. The molecule has 0 N–H and O–H groups in total. The molecule has 0 saturated carbocycles. The highest BCUT2D eigenvalue weighted by Gasteiger charge is 2.25. The van der Waals surface area contributed by atoms with Gasteiger partial charge >= 0.3 is 0 Å². The van der Waals surface area contributed by atoms with Crippen molar-refractivity contribution in [1.29, 1.82) is 0 Å². The van der Waals surface area contributed by atoms with Crippen molar-refractivity contribution in [3.8, 4) is 0 Å². The lowest BCUT2D eigenvalue weighted by Crippen LogP contribution is -2.20. The van der Waals surface area contributed by atoms with Gasteiger partial charge in [-0.05, 0) is 24.3 Å². The van der Waals surface area contributed by atoms with Crippen molar-refractivity contribution in [1.82, 2.24) is 0 Å². The zero-order valence-corrected chi connectivity index (χ0v) is 10.9. The summed E-state index contributed by atoms with van der Waals surface area (Å²) in [5.41, 5.74) is 0.683. The van der Waals surface area contributed by atoms with Crippen LogP contribution in [-0.2, 0) is 6.42 Å². The molecule has 1 rings (SSSR count). The Hall–Kier alpha value is -0.630. The predicted octanol–water partition coefficient (Wildman–Crippen LogP) is 4.32. The first-order chi connectivity index (χ1) is 6.96. The highest BCUT2D eigenvalue weighted by atomic mass is 32.1. The Morgan fingerprint density at radius 2 is 2.07 bits per heavy atom. The minimum Gasteiger partial charge on any atom is -0.294 e. The van der Waals surface area contributed by atoms with Crippen molar-refractivity contribution >= 4 is 17.1 Å². The highest BCUT2D eigenvalue weighted by molar-refractivity contribution is 7.10. The molecule has 1 aromatic rings. The Labute approximate surface area is 96.5 Å². The quantitative estimate of drug-likeness (QED) is 0.696. The average molecular weight is 224 g/mol. The standard InChI is InChI=1S/C13H20OS/c1-5-6-7-11-10(8-9-15-11)12(14)13(2,3)4/h8-9H,5-7H2,1-4H3. The Bertz CT molecular complexity index is 331. The number of unbranched alkanes of at least 4 members (excludes halogenated alkanes) is 1. The van der Waals surface area contributed by atoms with Gasteiger partial charge in [0.05, 0.1) is 0 Å². The maximum Gasteiger partial charge on any atom is 0.169 e. The Balaban J connectivity index is 2.85. The van der Waals surface area contributed by atoms with E-state index in [4.69, 9.17) is 0 Å². The molecule has 0 spiro atoms. The monoisotopic (exact) mass is 224 g/mol. The van der Waals surface area contributed by atoms with Gasteiger partial charge in [0.1, 0.15) is 0 Å². The lowest BCUT2D eigenvalue weighted by Gasteiger charge is -2.16. The molecule has 0 unspecified atom stereocenters. The van der Waals surface area contributed by atoms with E-state index in [0.717, 1.165) is 12.0 Å². The molecule has 0 amide bonds. The van der Waals surface area contributed by atoms with Gasteiger partial charge in [0, 0.05) is 15.9 Å². The van der Waals surface area contributed by atoms with Crippen molar-refractivity contribution in [2.24, 2.45) is 5.41 Å². The summed E-state index contributed by atoms with van der Waals surface area (Å²) in [4.78, 5) is 13.4. The van der Waals surface area contributed by atoms with Crippen LogP contribution >= 0.6 is 11.3 Å². The number of carbonyl (C=O) groups is 1. The van der Waals surface area contributed by atoms with Gasteiger partial charge in [0.15, 0.2) is 5.78 Å². The molecule has 1 nitrogen and oxygen atoms in total. The normalized spacial score (nSPS) is 11.7. The molecule has 0 bridgehead atoms. The topological polar surface area (TPSA) is 17.1 Å². The zero-order valence-electron chi connectivity index (χ0n) is 10.1. The van der Waals surface area contributed by atoms with Gasteiger partial charge in [-0.2, -0.15) is 0 Å². The van der Waals surface area contributed by atoms with Crippen molar-refractivity contribution < 1.29 is 4.79 Å². The third kappa shape index (κ3) is 3.16. The summed E-state index contributed by atoms with van der Waals surface area (Å²) < 4.78 is 0. The number of rotatable bonds is 4. The van der Waals surface area contributed by atoms with E-state index in [1.165, 1.54) is 17.7 Å². The van der Waals surface area contributed by atoms with E-state index < -0.39 is 0 Å². The maximum absolute atomic E-state index is 12.1. The number of hydrogen-bond donors (Lipinski definition) is 0. The van der Waals surface area contributed by atoms with Crippen LogP contribution in [0.15, 0.2) is 11.4 Å². The zero-order chi connectivity index (χ0) is 11.5. The molecule has 0 fully saturated rings. The third-order valence-corrected chi connectivity index (χ3v) is 3.41. The molecule has 0 aromatic carbocycles. The SMILES string of the molecule is CCCCc1sccc1C(=O)C(C)(C)C. The highest BCUT2D eigenvalue weighted by Crippen LogP contribution is 2.27. The fourth-order valence-corrected chi connectivity index (χ4v) is 2.40. The number of thiophene rings is 1. The van der Waals surface area contributed by atoms with E-state index in [0.29, 0.717) is 0 Å². The van der Waals surface area contributed by atoms with Crippen LogP contribution in [0.25, 0.3) is 0 Å². The summed E-state index contributed by atoms with van der Waals surface area (Å²) in [5, 5.41) is 2.03. The van der Waals surface area contributed by atoms with E-state index in [9.17, 15) is 4.79 Å². The van der Waals surface area contributed by atoms with Gasteiger partial charge < -0.3 is 0 Å². The Morgan fingerprint density at radius 3 is 2.60 bits per heavy atom. The van der Waals surface area contributed by atoms with Crippen molar-refractivity contribution in [2.75, 3.05) is 0 Å². The molecule has 2 heteroatoms. The summed E-state index contributed by atoms with van der Waals surface area (Å²) in [7, 11) is 0. The van der Waals surface area contributed by atoms with Crippen molar-refractivity contribution in [3.05, 3.63) is 21.9 Å². The molecule has 0 atom stereocenters. The van der Waals surface area contributed by atoms with Gasteiger partial charge in [-0.1, -0.05) is 34.1 Å². The first-order valence-electron chi connectivity index (χ1n) is 5.58. The third-order valence-electron chi connectivity index (χ3n) is 2.43. The second-order valence-electron chi connectivity index (χ2n) is 4.94. The van der Waals surface area contributed by atoms with Crippen LogP contribution in [0.1, 0.15) is 55.8 Å². The van der Waals surface area contributed by atoms with Crippen LogP contribution < -0.4 is 0 Å². The molecule has 0 aliphatic heterocycles. The van der Waals surface area contributed by atoms with E-state index in [1.54, 1.807) is 11.3 Å². The maximum atomic E-state index is 12.1. The van der Waals surface area contributed by atoms with Crippen LogP contribution in [0.2, 0.25) is 0 Å². The molecule has 15 heavy (non-hydrogen) atoms. The molecule has 0 saturated heterocycles.